The lowest BCUT2D eigenvalue weighted by Gasteiger charge is -2.35. The molecule has 2 aliphatic carbocycles. The van der Waals surface area contributed by atoms with Crippen LogP contribution in [0, 0.1) is 16.7 Å². The topological polar surface area (TPSA) is 80.7 Å². The van der Waals surface area contributed by atoms with Crippen LogP contribution in [-0.4, -0.2) is 25.1 Å². The van der Waals surface area contributed by atoms with Gasteiger partial charge < -0.3 is 9.29 Å². The van der Waals surface area contributed by atoms with Gasteiger partial charge in [0.2, 0.25) is 0 Å². The summed E-state index contributed by atoms with van der Waals surface area (Å²) in [5, 5.41) is 10.8. The molecule has 2 unspecified atom stereocenters. The minimum atomic E-state index is -4.11. The Morgan fingerprint density at radius 2 is 1.50 bits per heavy atom. The van der Waals surface area contributed by atoms with Gasteiger partial charge in [-0.05, 0) is 47.4 Å². The molecule has 34 heavy (non-hydrogen) atoms. The summed E-state index contributed by atoms with van der Waals surface area (Å²) in [5.41, 5.74) is 1.16. The Labute approximate surface area is 200 Å². The minimum Gasteiger partial charge on any atom is -0.507 e. The van der Waals surface area contributed by atoms with E-state index >= 15 is 0 Å². The van der Waals surface area contributed by atoms with Gasteiger partial charge in [0, 0.05) is 17.5 Å². The summed E-state index contributed by atoms with van der Waals surface area (Å²) < 4.78 is 32.7. The standard InChI is InChI=1S/C28H28O5S/c1-27(2)21-15-16-28(27,24(30)17-21)18-34(31,32)33-23-14-13-22(29)25(19-9-5-3-6-10-19)26(23)20-11-7-4-8-12-20/h3-14,21,29H,15-18H2,1-2H3. The Balaban J connectivity index is 1.60. The number of rotatable bonds is 6. The summed E-state index contributed by atoms with van der Waals surface area (Å²) in [4.78, 5) is 12.9. The Hall–Kier alpha value is -3.12. The highest BCUT2D eigenvalue weighted by Gasteiger charge is 2.65. The van der Waals surface area contributed by atoms with E-state index in [1.54, 1.807) is 0 Å². The molecule has 0 saturated heterocycles. The minimum absolute atomic E-state index is 0.0270. The van der Waals surface area contributed by atoms with E-state index in [9.17, 15) is 18.3 Å². The third-order valence-electron chi connectivity index (χ3n) is 8.05. The quantitative estimate of drug-likeness (QED) is 0.453. The summed E-state index contributed by atoms with van der Waals surface area (Å²) in [6.07, 6.45) is 1.87. The van der Waals surface area contributed by atoms with Gasteiger partial charge in [0.15, 0.2) is 5.75 Å². The molecule has 2 bridgehead atoms. The van der Waals surface area contributed by atoms with Crippen LogP contribution in [0.4, 0.5) is 0 Å². The Bertz CT molecular complexity index is 1350. The molecule has 0 spiro atoms. The van der Waals surface area contributed by atoms with Gasteiger partial charge >= 0.3 is 10.1 Å². The molecule has 3 aromatic rings. The van der Waals surface area contributed by atoms with Crippen LogP contribution in [0.5, 0.6) is 11.5 Å². The first-order valence-electron chi connectivity index (χ1n) is 11.6. The van der Waals surface area contributed by atoms with Crippen LogP contribution in [0.25, 0.3) is 22.3 Å². The summed E-state index contributed by atoms with van der Waals surface area (Å²) in [6.45, 7) is 4.02. The molecule has 2 atom stereocenters. The lowest BCUT2D eigenvalue weighted by atomic mass is 9.70. The fourth-order valence-electron chi connectivity index (χ4n) is 6.01. The summed E-state index contributed by atoms with van der Waals surface area (Å²) >= 11 is 0. The lowest BCUT2D eigenvalue weighted by molar-refractivity contribution is -0.128. The van der Waals surface area contributed by atoms with Crippen LogP contribution in [0.15, 0.2) is 72.8 Å². The zero-order valence-electron chi connectivity index (χ0n) is 19.3. The van der Waals surface area contributed by atoms with Crippen molar-refractivity contribution in [2.24, 2.45) is 16.7 Å². The second-order valence-corrected chi connectivity index (χ2v) is 11.6. The molecule has 176 valence electrons. The number of hydrogen-bond donors (Lipinski definition) is 1. The van der Waals surface area contributed by atoms with Crippen molar-refractivity contribution in [3.05, 3.63) is 72.8 Å². The van der Waals surface area contributed by atoms with E-state index in [0.29, 0.717) is 24.0 Å². The van der Waals surface area contributed by atoms with Crippen LogP contribution < -0.4 is 4.18 Å². The number of Topliss-reactive ketones (excluding diaryl/α,β-unsaturated/α-hetero) is 1. The van der Waals surface area contributed by atoms with Crippen molar-refractivity contribution in [2.45, 2.75) is 33.1 Å². The second kappa shape index (κ2) is 7.98. The third-order valence-corrected chi connectivity index (χ3v) is 9.33. The van der Waals surface area contributed by atoms with E-state index in [1.165, 1.54) is 12.1 Å². The number of hydrogen-bond acceptors (Lipinski definition) is 5. The van der Waals surface area contributed by atoms with Crippen molar-refractivity contribution in [1.29, 1.82) is 0 Å². The maximum Gasteiger partial charge on any atom is 0.310 e. The average Bonchev–Trinajstić information content (AvgIpc) is 3.15. The lowest BCUT2D eigenvalue weighted by Crippen LogP contribution is -2.43. The molecule has 0 radical (unpaired) electrons. The fraction of sp³-hybridized carbons (Fsp3) is 0.321. The molecule has 3 aromatic carbocycles. The molecule has 2 fully saturated rings. The van der Waals surface area contributed by atoms with E-state index in [2.05, 4.69) is 0 Å². The van der Waals surface area contributed by atoms with Gasteiger partial charge in [-0.1, -0.05) is 74.5 Å². The monoisotopic (exact) mass is 476 g/mol. The number of carbonyl (C=O) groups is 1. The van der Waals surface area contributed by atoms with Crippen molar-refractivity contribution >= 4 is 15.9 Å². The highest BCUT2D eigenvalue weighted by molar-refractivity contribution is 7.87. The molecule has 6 heteroatoms. The van der Waals surface area contributed by atoms with E-state index in [0.717, 1.165) is 17.5 Å². The van der Waals surface area contributed by atoms with Gasteiger partial charge in [0.1, 0.15) is 11.5 Å². The Morgan fingerprint density at radius 1 is 0.912 bits per heavy atom. The average molecular weight is 477 g/mol. The van der Waals surface area contributed by atoms with Crippen LogP contribution in [0.3, 0.4) is 0 Å². The van der Waals surface area contributed by atoms with Crippen molar-refractivity contribution in [2.75, 3.05) is 5.75 Å². The van der Waals surface area contributed by atoms with Crippen molar-refractivity contribution in [3.63, 3.8) is 0 Å². The molecular formula is C28H28O5S. The zero-order chi connectivity index (χ0) is 24.1. The number of aromatic hydroxyl groups is 1. The molecule has 2 saturated carbocycles. The van der Waals surface area contributed by atoms with Crippen molar-refractivity contribution < 1.29 is 22.5 Å². The first-order chi connectivity index (χ1) is 16.1. The van der Waals surface area contributed by atoms with Gasteiger partial charge in [0.05, 0.1) is 11.2 Å². The van der Waals surface area contributed by atoms with Crippen LogP contribution >= 0.6 is 0 Å². The normalized spacial score (nSPS) is 23.2. The van der Waals surface area contributed by atoms with Gasteiger partial charge in [-0.25, -0.2) is 0 Å². The number of phenolic OH excluding ortho intramolecular Hbond substituents is 1. The predicted molar refractivity (Wildman–Crippen MR) is 132 cm³/mol. The maximum absolute atomic E-state index is 13.5. The largest absolute Gasteiger partial charge is 0.507 e. The zero-order valence-corrected chi connectivity index (χ0v) is 20.1. The van der Waals surface area contributed by atoms with E-state index in [-0.39, 0.29) is 34.4 Å². The van der Waals surface area contributed by atoms with Gasteiger partial charge in [-0.15, -0.1) is 0 Å². The number of ketones is 1. The summed E-state index contributed by atoms with van der Waals surface area (Å²) in [5.74, 6) is 0.0717. The number of benzene rings is 3. The molecule has 5 rings (SSSR count). The molecule has 5 nitrogen and oxygen atoms in total. The van der Waals surface area contributed by atoms with Gasteiger partial charge in [-0.3, -0.25) is 4.79 Å². The van der Waals surface area contributed by atoms with Crippen LogP contribution in [0.2, 0.25) is 0 Å². The molecule has 2 aliphatic rings. The molecule has 1 N–H and O–H groups in total. The third kappa shape index (κ3) is 3.52. The highest BCUT2D eigenvalue weighted by Crippen LogP contribution is 2.64. The van der Waals surface area contributed by atoms with Crippen LogP contribution in [-0.2, 0) is 14.9 Å². The number of fused-ring (bicyclic) bond motifs is 2. The Morgan fingerprint density at radius 3 is 2.03 bits per heavy atom. The van der Waals surface area contributed by atoms with E-state index in [1.807, 2.05) is 74.5 Å². The molecule has 0 amide bonds. The smallest absolute Gasteiger partial charge is 0.310 e. The molecule has 0 aliphatic heterocycles. The maximum atomic E-state index is 13.5. The van der Waals surface area contributed by atoms with Gasteiger partial charge in [0.25, 0.3) is 0 Å². The number of phenols is 1. The van der Waals surface area contributed by atoms with Crippen molar-refractivity contribution in [1.82, 2.24) is 0 Å². The first kappa shape index (κ1) is 22.7. The first-order valence-corrected chi connectivity index (χ1v) is 13.1. The fourth-order valence-corrected chi connectivity index (χ4v) is 7.76. The number of carbonyl (C=O) groups excluding carboxylic acids is 1. The predicted octanol–water partition coefficient (Wildman–Crippen LogP) is 5.83. The summed E-state index contributed by atoms with van der Waals surface area (Å²) in [6, 6.07) is 21.5. The van der Waals surface area contributed by atoms with E-state index < -0.39 is 15.5 Å². The van der Waals surface area contributed by atoms with Crippen molar-refractivity contribution in [3.8, 4) is 33.8 Å². The Kier molecular flexibility index (Phi) is 5.32. The molecule has 0 heterocycles. The van der Waals surface area contributed by atoms with E-state index in [4.69, 9.17) is 4.18 Å². The highest BCUT2D eigenvalue weighted by atomic mass is 32.2. The van der Waals surface area contributed by atoms with Crippen LogP contribution in [0.1, 0.15) is 33.1 Å². The summed E-state index contributed by atoms with van der Waals surface area (Å²) in [7, 11) is -4.11. The molecular weight excluding hydrogens is 448 g/mol. The SMILES string of the molecule is CC1(C)C2CCC1(CS(=O)(=O)Oc1ccc(O)c(-c3ccccc3)c1-c1ccccc1)C(=O)C2. The second-order valence-electron chi connectivity index (χ2n) is 10.0. The van der Waals surface area contributed by atoms with Gasteiger partial charge in [-0.2, -0.15) is 8.42 Å². The molecule has 0 aromatic heterocycles.